The molecule has 0 aliphatic carbocycles. The van der Waals surface area contributed by atoms with Crippen molar-refractivity contribution < 1.29 is 0 Å². The molecule has 1 N–H and O–H groups in total. The number of anilines is 1. The van der Waals surface area contributed by atoms with Crippen molar-refractivity contribution in [2.45, 2.75) is 33.1 Å². The van der Waals surface area contributed by atoms with Crippen LogP contribution in [0.1, 0.15) is 31.7 Å². The Morgan fingerprint density at radius 2 is 2.39 bits per heavy atom. The fourth-order valence-electron chi connectivity index (χ4n) is 2.79. The minimum absolute atomic E-state index is 0.790. The third-order valence-corrected chi connectivity index (χ3v) is 3.70. The number of nitrogens with one attached hydrogen (secondary N) is 1. The first-order valence-electron chi connectivity index (χ1n) is 7.17. The molecule has 1 atom stereocenters. The van der Waals surface area contributed by atoms with Crippen molar-refractivity contribution in [3.05, 3.63) is 24.0 Å². The standard InChI is InChI=1S/C15H25N3/c1-3-9-18(12-14-5-4-7-16-11-14)15-6-8-17-10-13(15)2/h6,8,10,14,16H,3-5,7,9,11-12H2,1-2H3. The molecule has 0 saturated carbocycles. The summed E-state index contributed by atoms with van der Waals surface area (Å²) in [6.07, 6.45) is 7.75. The minimum Gasteiger partial charge on any atom is -0.371 e. The minimum atomic E-state index is 0.790. The molecule has 1 saturated heterocycles. The van der Waals surface area contributed by atoms with E-state index in [-0.39, 0.29) is 0 Å². The van der Waals surface area contributed by atoms with Gasteiger partial charge in [-0.15, -0.1) is 0 Å². The second-order valence-corrected chi connectivity index (χ2v) is 5.32. The van der Waals surface area contributed by atoms with E-state index in [4.69, 9.17) is 0 Å². The molecule has 1 aromatic heterocycles. The Morgan fingerprint density at radius 3 is 3.06 bits per heavy atom. The van der Waals surface area contributed by atoms with Gasteiger partial charge in [0.15, 0.2) is 0 Å². The zero-order valence-electron chi connectivity index (χ0n) is 11.7. The molecular weight excluding hydrogens is 222 g/mol. The van der Waals surface area contributed by atoms with Crippen molar-refractivity contribution in [3.63, 3.8) is 0 Å². The first kappa shape index (κ1) is 13.3. The van der Waals surface area contributed by atoms with E-state index in [2.05, 4.69) is 35.1 Å². The molecule has 3 heteroatoms. The molecule has 1 aliphatic heterocycles. The van der Waals surface area contributed by atoms with Gasteiger partial charge in [-0.05, 0) is 56.8 Å². The third kappa shape index (κ3) is 3.45. The first-order valence-corrected chi connectivity index (χ1v) is 7.17. The van der Waals surface area contributed by atoms with Gasteiger partial charge in [0.25, 0.3) is 0 Å². The van der Waals surface area contributed by atoms with Crippen LogP contribution in [0.5, 0.6) is 0 Å². The van der Waals surface area contributed by atoms with Crippen LogP contribution in [0.15, 0.2) is 18.5 Å². The Labute approximate surface area is 111 Å². The number of hydrogen-bond acceptors (Lipinski definition) is 3. The highest BCUT2D eigenvalue weighted by atomic mass is 15.1. The summed E-state index contributed by atoms with van der Waals surface area (Å²) in [4.78, 5) is 6.73. The highest BCUT2D eigenvalue weighted by Gasteiger charge is 2.17. The largest absolute Gasteiger partial charge is 0.371 e. The predicted octanol–water partition coefficient (Wildman–Crippen LogP) is 2.61. The highest BCUT2D eigenvalue weighted by Crippen LogP contribution is 2.21. The van der Waals surface area contributed by atoms with E-state index in [0.717, 1.165) is 12.5 Å². The number of aromatic nitrogens is 1. The fourth-order valence-corrected chi connectivity index (χ4v) is 2.79. The molecule has 1 unspecified atom stereocenters. The third-order valence-electron chi connectivity index (χ3n) is 3.70. The van der Waals surface area contributed by atoms with Crippen LogP contribution in [0.4, 0.5) is 5.69 Å². The lowest BCUT2D eigenvalue weighted by Gasteiger charge is -2.32. The second-order valence-electron chi connectivity index (χ2n) is 5.32. The van der Waals surface area contributed by atoms with Gasteiger partial charge < -0.3 is 10.2 Å². The summed E-state index contributed by atoms with van der Waals surface area (Å²) in [6.45, 7) is 9.09. The van der Waals surface area contributed by atoms with Crippen LogP contribution in [0.2, 0.25) is 0 Å². The molecule has 1 fully saturated rings. The van der Waals surface area contributed by atoms with E-state index >= 15 is 0 Å². The van der Waals surface area contributed by atoms with Crippen molar-refractivity contribution >= 4 is 5.69 Å². The van der Waals surface area contributed by atoms with Crippen LogP contribution in [0, 0.1) is 12.8 Å². The summed E-state index contributed by atoms with van der Waals surface area (Å²) in [7, 11) is 0. The summed E-state index contributed by atoms with van der Waals surface area (Å²) in [5.41, 5.74) is 2.65. The summed E-state index contributed by atoms with van der Waals surface area (Å²) in [5.74, 6) is 0.790. The summed E-state index contributed by atoms with van der Waals surface area (Å²) < 4.78 is 0. The van der Waals surface area contributed by atoms with Gasteiger partial charge in [-0.3, -0.25) is 4.98 Å². The van der Waals surface area contributed by atoms with Crippen LogP contribution < -0.4 is 10.2 Å². The van der Waals surface area contributed by atoms with Gasteiger partial charge in [0, 0.05) is 31.2 Å². The molecular formula is C15H25N3. The Bertz CT molecular complexity index is 359. The highest BCUT2D eigenvalue weighted by molar-refractivity contribution is 5.51. The normalized spacial score (nSPS) is 19.8. The van der Waals surface area contributed by atoms with Crippen LogP contribution in [-0.2, 0) is 0 Å². The first-order chi connectivity index (χ1) is 8.81. The molecule has 0 aromatic carbocycles. The van der Waals surface area contributed by atoms with Crippen LogP contribution >= 0.6 is 0 Å². The van der Waals surface area contributed by atoms with E-state index in [9.17, 15) is 0 Å². The monoisotopic (exact) mass is 247 g/mol. The average Bonchev–Trinajstić information content (AvgIpc) is 2.40. The number of aryl methyl sites for hydroxylation is 1. The number of hydrogen-bond donors (Lipinski definition) is 1. The lowest BCUT2D eigenvalue weighted by molar-refractivity contribution is 0.376. The molecule has 2 rings (SSSR count). The molecule has 1 aliphatic rings. The number of nitrogens with zero attached hydrogens (tertiary/aromatic N) is 2. The van der Waals surface area contributed by atoms with Gasteiger partial charge in [-0.1, -0.05) is 6.92 Å². The maximum Gasteiger partial charge on any atom is 0.0426 e. The second kappa shape index (κ2) is 6.74. The quantitative estimate of drug-likeness (QED) is 0.867. The Morgan fingerprint density at radius 1 is 1.50 bits per heavy atom. The molecule has 100 valence electrons. The summed E-state index contributed by atoms with van der Waals surface area (Å²) >= 11 is 0. The molecule has 0 radical (unpaired) electrons. The lowest BCUT2D eigenvalue weighted by atomic mass is 9.98. The maximum atomic E-state index is 4.20. The molecule has 2 heterocycles. The molecule has 0 amide bonds. The summed E-state index contributed by atoms with van der Waals surface area (Å²) in [6, 6.07) is 2.15. The average molecular weight is 247 g/mol. The van der Waals surface area contributed by atoms with E-state index in [0.29, 0.717) is 0 Å². The molecule has 0 spiro atoms. The number of pyridine rings is 1. The van der Waals surface area contributed by atoms with E-state index in [1.165, 1.54) is 50.1 Å². The van der Waals surface area contributed by atoms with Crippen molar-refractivity contribution in [1.82, 2.24) is 10.3 Å². The zero-order valence-corrected chi connectivity index (χ0v) is 11.7. The van der Waals surface area contributed by atoms with Crippen molar-refractivity contribution in [1.29, 1.82) is 0 Å². The molecule has 1 aromatic rings. The number of rotatable bonds is 5. The Hall–Kier alpha value is -1.09. The Balaban J connectivity index is 2.05. The van der Waals surface area contributed by atoms with Crippen molar-refractivity contribution in [2.75, 3.05) is 31.1 Å². The fraction of sp³-hybridized carbons (Fsp3) is 0.667. The zero-order chi connectivity index (χ0) is 12.8. The lowest BCUT2D eigenvalue weighted by Crippen LogP contribution is -2.39. The van der Waals surface area contributed by atoms with E-state index < -0.39 is 0 Å². The Kier molecular flexibility index (Phi) is 5.00. The van der Waals surface area contributed by atoms with Gasteiger partial charge in [-0.25, -0.2) is 0 Å². The van der Waals surface area contributed by atoms with Crippen LogP contribution in [0.25, 0.3) is 0 Å². The van der Waals surface area contributed by atoms with Crippen LogP contribution in [0.3, 0.4) is 0 Å². The molecule has 18 heavy (non-hydrogen) atoms. The maximum absolute atomic E-state index is 4.20. The smallest absolute Gasteiger partial charge is 0.0426 e. The van der Waals surface area contributed by atoms with Gasteiger partial charge in [0.2, 0.25) is 0 Å². The SMILES string of the molecule is CCCN(CC1CCCNC1)c1ccncc1C. The van der Waals surface area contributed by atoms with Crippen molar-refractivity contribution in [3.8, 4) is 0 Å². The molecule has 3 nitrogen and oxygen atoms in total. The number of piperidine rings is 1. The van der Waals surface area contributed by atoms with E-state index in [1.807, 2.05) is 12.4 Å². The predicted molar refractivity (Wildman–Crippen MR) is 77.1 cm³/mol. The summed E-state index contributed by atoms with van der Waals surface area (Å²) in [5, 5.41) is 3.51. The van der Waals surface area contributed by atoms with Crippen LogP contribution in [-0.4, -0.2) is 31.2 Å². The van der Waals surface area contributed by atoms with Gasteiger partial charge in [-0.2, -0.15) is 0 Å². The topological polar surface area (TPSA) is 28.2 Å². The molecule has 0 bridgehead atoms. The van der Waals surface area contributed by atoms with Gasteiger partial charge >= 0.3 is 0 Å². The van der Waals surface area contributed by atoms with Gasteiger partial charge in [0.05, 0.1) is 0 Å². The van der Waals surface area contributed by atoms with Gasteiger partial charge in [0.1, 0.15) is 0 Å². The van der Waals surface area contributed by atoms with Crippen molar-refractivity contribution in [2.24, 2.45) is 5.92 Å². The van der Waals surface area contributed by atoms with E-state index in [1.54, 1.807) is 0 Å².